The zero-order valence-corrected chi connectivity index (χ0v) is 12.8. The number of hydrogen-bond donors (Lipinski definition) is 1. The fourth-order valence-corrected chi connectivity index (χ4v) is 2.70. The molecule has 1 N–H and O–H groups in total. The van der Waals surface area contributed by atoms with Crippen molar-refractivity contribution in [3.8, 4) is 16.5 Å². The van der Waals surface area contributed by atoms with Crippen LogP contribution in [0.1, 0.15) is 10.6 Å². The Labute approximate surface area is 133 Å². The van der Waals surface area contributed by atoms with E-state index in [0.717, 1.165) is 5.56 Å². The Morgan fingerprint density at radius 1 is 1.36 bits per heavy atom. The summed E-state index contributed by atoms with van der Waals surface area (Å²) in [5, 5.41) is 15.6. The maximum Gasteiger partial charge on any atom is 0.296 e. The summed E-state index contributed by atoms with van der Waals surface area (Å²) in [5.74, 6) is -0.247. The van der Waals surface area contributed by atoms with Gasteiger partial charge in [-0.2, -0.15) is 0 Å². The highest BCUT2D eigenvalue weighted by molar-refractivity contribution is 7.18. The Morgan fingerprint density at radius 2 is 2.18 bits per heavy atom. The summed E-state index contributed by atoms with van der Waals surface area (Å²) in [6, 6.07) is 8.65. The molecule has 0 spiro atoms. The van der Waals surface area contributed by atoms with Crippen LogP contribution >= 0.6 is 22.9 Å². The van der Waals surface area contributed by atoms with Crippen molar-refractivity contribution in [2.45, 2.75) is 0 Å². The van der Waals surface area contributed by atoms with Gasteiger partial charge in [-0.15, -0.1) is 10.2 Å². The number of ether oxygens (including phenoxy) is 1. The molecule has 1 amide bonds. The number of carbonyl (C=O) groups is 1. The summed E-state index contributed by atoms with van der Waals surface area (Å²) in [7, 11) is 1.43. The Hall–Kier alpha value is -2.45. The van der Waals surface area contributed by atoms with E-state index < -0.39 is 5.91 Å². The van der Waals surface area contributed by atoms with Crippen LogP contribution in [0, 0.1) is 0 Å². The predicted octanol–water partition coefficient (Wildman–Crippen LogP) is 3.11. The van der Waals surface area contributed by atoms with Crippen molar-refractivity contribution in [3.63, 3.8) is 0 Å². The highest BCUT2D eigenvalue weighted by atomic mass is 35.5. The van der Waals surface area contributed by atoms with Gasteiger partial charge in [0.1, 0.15) is 0 Å². The van der Waals surface area contributed by atoms with Gasteiger partial charge in [-0.05, 0) is 11.2 Å². The third-order valence-electron chi connectivity index (χ3n) is 2.67. The molecular weight excluding hydrogens is 328 g/mol. The average Bonchev–Trinajstić information content (AvgIpc) is 3.16. The highest BCUT2D eigenvalue weighted by Crippen LogP contribution is 2.31. The molecule has 0 bridgehead atoms. The van der Waals surface area contributed by atoms with Crippen molar-refractivity contribution < 1.29 is 14.1 Å². The Kier molecular flexibility index (Phi) is 4.03. The lowest BCUT2D eigenvalue weighted by Crippen LogP contribution is -2.10. The first-order valence-electron chi connectivity index (χ1n) is 6.08. The van der Waals surface area contributed by atoms with Gasteiger partial charge >= 0.3 is 0 Å². The summed E-state index contributed by atoms with van der Waals surface area (Å²) in [4.78, 5) is 12.0. The lowest BCUT2D eigenvalue weighted by molar-refractivity contribution is 0.0987. The SMILES string of the molecule is COc1cc(C(=O)Nc2nnc(-c3ccccc3Cl)s2)on1. The lowest BCUT2D eigenvalue weighted by Gasteiger charge is -1.97. The summed E-state index contributed by atoms with van der Waals surface area (Å²) >= 11 is 7.31. The zero-order chi connectivity index (χ0) is 15.5. The van der Waals surface area contributed by atoms with Gasteiger partial charge in [-0.1, -0.05) is 41.1 Å². The zero-order valence-electron chi connectivity index (χ0n) is 11.2. The van der Waals surface area contributed by atoms with Crippen molar-refractivity contribution in [1.29, 1.82) is 0 Å². The number of carbonyl (C=O) groups excluding carboxylic acids is 1. The number of hydrogen-bond acceptors (Lipinski definition) is 7. The van der Waals surface area contributed by atoms with Crippen LogP contribution in [0.3, 0.4) is 0 Å². The molecule has 0 unspecified atom stereocenters. The van der Waals surface area contributed by atoms with E-state index in [2.05, 4.69) is 20.7 Å². The molecule has 112 valence electrons. The molecule has 3 aromatic rings. The molecule has 0 aliphatic rings. The molecule has 0 aliphatic heterocycles. The third-order valence-corrected chi connectivity index (χ3v) is 3.87. The Bertz CT molecular complexity index is 817. The smallest absolute Gasteiger partial charge is 0.296 e. The largest absolute Gasteiger partial charge is 0.479 e. The third kappa shape index (κ3) is 2.92. The van der Waals surface area contributed by atoms with Gasteiger partial charge in [0.15, 0.2) is 5.01 Å². The average molecular weight is 337 g/mol. The van der Waals surface area contributed by atoms with Crippen molar-refractivity contribution in [2.75, 3.05) is 12.4 Å². The van der Waals surface area contributed by atoms with Crippen LogP contribution in [0.2, 0.25) is 5.02 Å². The van der Waals surface area contributed by atoms with Gasteiger partial charge < -0.3 is 9.26 Å². The van der Waals surface area contributed by atoms with E-state index in [-0.39, 0.29) is 11.6 Å². The van der Waals surface area contributed by atoms with E-state index in [0.29, 0.717) is 15.2 Å². The molecule has 2 heterocycles. The van der Waals surface area contributed by atoms with E-state index in [9.17, 15) is 4.79 Å². The van der Waals surface area contributed by atoms with Crippen LogP contribution in [0.25, 0.3) is 10.6 Å². The number of methoxy groups -OCH3 is 1. The first-order valence-corrected chi connectivity index (χ1v) is 7.27. The number of amides is 1. The minimum Gasteiger partial charge on any atom is -0.479 e. The number of anilines is 1. The number of aromatic nitrogens is 3. The van der Waals surface area contributed by atoms with Crippen molar-refractivity contribution >= 4 is 34.0 Å². The molecule has 0 radical (unpaired) electrons. The molecule has 0 atom stereocenters. The van der Waals surface area contributed by atoms with Gasteiger partial charge in [0.25, 0.3) is 11.8 Å². The second kappa shape index (κ2) is 6.12. The Balaban J connectivity index is 1.77. The van der Waals surface area contributed by atoms with Gasteiger partial charge in [0.05, 0.1) is 18.2 Å². The maximum absolute atomic E-state index is 12.0. The number of benzene rings is 1. The van der Waals surface area contributed by atoms with Crippen molar-refractivity contribution in [3.05, 3.63) is 41.1 Å². The van der Waals surface area contributed by atoms with E-state index in [1.54, 1.807) is 6.07 Å². The van der Waals surface area contributed by atoms with Gasteiger partial charge in [-0.3, -0.25) is 10.1 Å². The number of nitrogens with zero attached hydrogens (tertiary/aromatic N) is 3. The maximum atomic E-state index is 12.0. The fourth-order valence-electron chi connectivity index (χ4n) is 1.64. The van der Waals surface area contributed by atoms with E-state index in [4.69, 9.17) is 20.9 Å². The van der Waals surface area contributed by atoms with E-state index in [1.165, 1.54) is 24.5 Å². The molecule has 2 aromatic heterocycles. The molecule has 22 heavy (non-hydrogen) atoms. The van der Waals surface area contributed by atoms with Crippen LogP contribution in [-0.2, 0) is 0 Å². The quantitative estimate of drug-likeness (QED) is 0.787. The summed E-state index contributed by atoms with van der Waals surface area (Å²) in [6.45, 7) is 0. The standard InChI is InChI=1S/C13H9ClN4O3S/c1-20-10-6-9(21-18-10)11(19)15-13-17-16-12(22-13)7-4-2-3-5-8(7)14/h2-6H,1H3,(H,15,17,19). The first kappa shape index (κ1) is 14.5. The van der Waals surface area contributed by atoms with Crippen LogP contribution in [0.4, 0.5) is 5.13 Å². The summed E-state index contributed by atoms with van der Waals surface area (Å²) in [5.41, 5.74) is 0.753. The molecule has 0 fully saturated rings. The van der Waals surface area contributed by atoms with Gasteiger partial charge in [0.2, 0.25) is 10.9 Å². The number of rotatable bonds is 4. The molecule has 0 aliphatic carbocycles. The van der Waals surface area contributed by atoms with Crippen LogP contribution < -0.4 is 10.1 Å². The predicted molar refractivity (Wildman–Crippen MR) is 81.4 cm³/mol. The normalized spacial score (nSPS) is 10.5. The second-order valence-electron chi connectivity index (χ2n) is 4.08. The van der Waals surface area contributed by atoms with Crippen molar-refractivity contribution in [1.82, 2.24) is 15.4 Å². The van der Waals surface area contributed by atoms with Crippen molar-refractivity contribution in [2.24, 2.45) is 0 Å². The van der Waals surface area contributed by atoms with Crippen LogP contribution in [-0.4, -0.2) is 28.4 Å². The molecule has 9 heteroatoms. The van der Waals surface area contributed by atoms with Gasteiger partial charge in [0, 0.05) is 5.56 Å². The molecular formula is C13H9ClN4O3S. The summed E-state index contributed by atoms with van der Waals surface area (Å²) < 4.78 is 9.69. The molecule has 7 nitrogen and oxygen atoms in total. The number of nitrogens with one attached hydrogen (secondary N) is 1. The van der Waals surface area contributed by atoms with Gasteiger partial charge in [-0.25, -0.2) is 0 Å². The highest BCUT2D eigenvalue weighted by Gasteiger charge is 2.16. The van der Waals surface area contributed by atoms with Crippen LogP contribution in [0.15, 0.2) is 34.9 Å². The van der Waals surface area contributed by atoms with E-state index in [1.807, 2.05) is 18.2 Å². The molecule has 3 rings (SSSR count). The monoisotopic (exact) mass is 336 g/mol. The topological polar surface area (TPSA) is 90.1 Å². The minimum absolute atomic E-state index is 0.0198. The molecule has 1 aromatic carbocycles. The molecule has 0 saturated carbocycles. The fraction of sp³-hybridized carbons (Fsp3) is 0.0769. The molecule has 0 saturated heterocycles. The Morgan fingerprint density at radius 3 is 2.91 bits per heavy atom. The minimum atomic E-state index is -0.488. The lowest BCUT2D eigenvalue weighted by atomic mass is 10.2. The van der Waals surface area contributed by atoms with Crippen LogP contribution in [0.5, 0.6) is 5.88 Å². The second-order valence-corrected chi connectivity index (χ2v) is 5.46. The first-order chi connectivity index (χ1) is 10.7. The summed E-state index contributed by atoms with van der Waals surface area (Å²) in [6.07, 6.45) is 0. The number of halogens is 1. The van der Waals surface area contributed by atoms with E-state index >= 15 is 0 Å².